The minimum Gasteiger partial charge on any atom is -0.493 e. The van der Waals surface area contributed by atoms with E-state index in [1.54, 1.807) is 0 Å². The molecule has 0 aliphatic heterocycles. The smallest absolute Gasteiger partial charge is 0.120 e. The summed E-state index contributed by atoms with van der Waals surface area (Å²) in [4.78, 5) is 0. The topological polar surface area (TPSA) is 35.2 Å². The number of halogens is 1. The first kappa shape index (κ1) is 13.4. The third kappa shape index (κ3) is 2.68. The largest absolute Gasteiger partial charge is 0.493 e. The van der Waals surface area contributed by atoms with Crippen LogP contribution in [0.1, 0.15) is 44.1 Å². The second-order valence-electron chi connectivity index (χ2n) is 6.12. The van der Waals surface area contributed by atoms with Gasteiger partial charge in [-0.15, -0.1) is 0 Å². The Labute approximate surface area is 123 Å². The molecule has 0 aromatic heterocycles. The molecule has 0 atom stereocenters. The monoisotopic (exact) mass is 323 g/mol. The lowest BCUT2D eigenvalue weighted by Crippen LogP contribution is -2.41. The number of hydrogen-bond acceptors (Lipinski definition) is 2. The summed E-state index contributed by atoms with van der Waals surface area (Å²) in [5.41, 5.74) is 7.55. The van der Waals surface area contributed by atoms with Crippen molar-refractivity contribution >= 4 is 15.9 Å². The fourth-order valence-electron chi connectivity index (χ4n) is 3.04. The van der Waals surface area contributed by atoms with Crippen LogP contribution in [0.3, 0.4) is 0 Å². The van der Waals surface area contributed by atoms with Crippen molar-refractivity contribution in [1.82, 2.24) is 0 Å². The van der Waals surface area contributed by atoms with E-state index >= 15 is 0 Å². The molecule has 0 spiro atoms. The molecule has 0 bridgehead atoms. The van der Waals surface area contributed by atoms with Gasteiger partial charge >= 0.3 is 0 Å². The summed E-state index contributed by atoms with van der Waals surface area (Å²) in [6.07, 6.45) is 7.74. The SMILES string of the molecule is NCC1(c2cc(Br)cc(OCC3CCC3)c2)CCC1. The molecule has 2 saturated carbocycles. The first-order valence-corrected chi connectivity index (χ1v) is 8.15. The fraction of sp³-hybridized carbons (Fsp3) is 0.625. The molecule has 2 aliphatic carbocycles. The molecule has 0 heterocycles. The molecule has 1 aromatic carbocycles. The molecule has 0 amide bonds. The summed E-state index contributed by atoms with van der Waals surface area (Å²) in [6.45, 7) is 1.61. The van der Waals surface area contributed by atoms with Crippen LogP contribution in [-0.2, 0) is 5.41 Å². The van der Waals surface area contributed by atoms with Gasteiger partial charge in [0.05, 0.1) is 6.61 Å². The van der Waals surface area contributed by atoms with Crippen molar-refractivity contribution in [2.24, 2.45) is 11.7 Å². The number of ether oxygens (including phenoxy) is 1. The quantitative estimate of drug-likeness (QED) is 0.888. The molecular formula is C16H22BrNO. The van der Waals surface area contributed by atoms with E-state index in [1.165, 1.54) is 44.1 Å². The van der Waals surface area contributed by atoms with Crippen molar-refractivity contribution in [3.05, 3.63) is 28.2 Å². The van der Waals surface area contributed by atoms with E-state index in [-0.39, 0.29) is 5.41 Å². The van der Waals surface area contributed by atoms with E-state index in [1.807, 2.05) is 0 Å². The lowest BCUT2D eigenvalue weighted by Gasteiger charge is -2.41. The van der Waals surface area contributed by atoms with Crippen LogP contribution in [0.2, 0.25) is 0 Å². The molecule has 2 nitrogen and oxygen atoms in total. The van der Waals surface area contributed by atoms with E-state index in [0.717, 1.165) is 29.3 Å². The highest BCUT2D eigenvalue weighted by atomic mass is 79.9. The predicted octanol–water partition coefficient (Wildman–Crippen LogP) is 4.01. The van der Waals surface area contributed by atoms with E-state index in [2.05, 4.69) is 34.1 Å². The fourth-order valence-corrected chi connectivity index (χ4v) is 3.51. The maximum atomic E-state index is 6.00. The van der Waals surface area contributed by atoms with E-state index in [4.69, 9.17) is 10.5 Å². The zero-order chi connectivity index (χ0) is 13.3. The van der Waals surface area contributed by atoms with Crippen LogP contribution in [-0.4, -0.2) is 13.2 Å². The highest BCUT2D eigenvalue weighted by Crippen LogP contribution is 2.44. The molecule has 3 heteroatoms. The van der Waals surface area contributed by atoms with Gasteiger partial charge in [0.25, 0.3) is 0 Å². The van der Waals surface area contributed by atoms with Gasteiger partial charge in [-0.05, 0) is 55.4 Å². The Morgan fingerprint density at radius 2 is 2.00 bits per heavy atom. The molecule has 1 aromatic rings. The highest BCUT2D eigenvalue weighted by molar-refractivity contribution is 9.10. The second kappa shape index (κ2) is 5.45. The Hall–Kier alpha value is -0.540. The third-order valence-electron chi connectivity index (χ3n) is 4.90. The maximum absolute atomic E-state index is 6.00. The minimum atomic E-state index is 0.207. The highest BCUT2D eigenvalue weighted by Gasteiger charge is 2.37. The predicted molar refractivity (Wildman–Crippen MR) is 81.6 cm³/mol. The summed E-state index contributed by atoms with van der Waals surface area (Å²) in [5, 5.41) is 0. The van der Waals surface area contributed by atoms with Crippen LogP contribution in [0.25, 0.3) is 0 Å². The van der Waals surface area contributed by atoms with Crippen molar-refractivity contribution in [3.63, 3.8) is 0 Å². The van der Waals surface area contributed by atoms with Crippen molar-refractivity contribution in [2.45, 2.75) is 43.9 Å². The number of rotatable bonds is 5. The molecule has 0 saturated heterocycles. The summed E-state index contributed by atoms with van der Waals surface area (Å²) in [7, 11) is 0. The van der Waals surface area contributed by atoms with Crippen LogP contribution in [0.4, 0.5) is 0 Å². The Balaban J connectivity index is 1.75. The molecule has 0 radical (unpaired) electrons. The maximum Gasteiger partial charge on any atom is 0.120 e. The van der Waals surface area contributed by atoms with Crippen molar-refractivity contribution in [3.8, 4) is 5.75 Å². The number of benzene rings is 1. The van der Waals surface area contributed by atoms with E-state index < -0.39 is 0 Å². The second-order valence-corrected chi connectivity index (χ2v) is 7.04. The molecule has 2 aliphatic rings. The third-order valence-corrected chi connectivity index (χ3v) is 5.35. The molecule has 19 heavy (non-hydrogen) atoms. The summed E-state index contributed by atoms with van der Waals surface area (Å²) >= 11 is 3.61. The first-order valence-electron chi connectivity index (χ1n) is 7.36. The zero-order valence-corrected chi connectivity index (χ0v) is 12.9. The summed E-state index contributed by atoms with van der Waals surface area (Å²) in [6, 6.07) is 6.49. The Morgan fingerprint density at radius 3 is 2.53 bits per heavy atom. The van der Waals surface area contributed by atoms with Crippen LogP contribution >= 0.6 is 15.9 Å². The van der Waals surface area contributed by atoms with Gasteiger partial charge in [0.15, 0.2) is 0 Å². The van der Waals surface area contributed by atoms with Crippen LogP contribution < -0.4 is 10.5 Å². The average molecular weight is 324 g/mol. The average Bonchev–Trinajstić information content (AvgIpc) is 2.25. The van der Waals surface area contributed by atoms with Gasteiger partial charge in [-0.3, -0.25) is 0 Å². The van der Waals surface area contributed by atoms with Gasteiger partial charge in [-0.1, -0.05) is 28.8 Å². The summed E-state index contributed by atoms with van der Waals surface area (Å²) in [5.74, 6) is 1.77. The summed E-state index contributed by atoms with van der Waals surface area (Å²) < 4.78 is 7.07. The minimum absolute atomic E-state index is 0.207. The van der Waals surface area contributed by atoms with Crippen molar-refractivity contribution < 1.29 is 4.74 Å². The van der Waals surface area contributed by atoms with Gasteiger partial charge in [0.2, 0.25) is 0 Å². The molecule has 104 valence electrons. The van der Waals surface area contributed by atoms with Gasteiger partial charge < -0.3 is 10.5 Å². The van der Waals surface area contributed by atoms with E-state index in [0.29, 0.717) is 0 Å². The zero-order valence-electron chi connectivity index (χ0n) is 11.3. The molecule has 3 rings (SSSR count). The lowest BCUT2D eigenvalue weighted by atomic mass is 9.64. The Morgan fingerprint density at radius 1 is 1.21 bits per heavy atom. The standard InChI is InChI=1S/C16H22BrNO/c17-14-7-13(16(11-18)5-2-6-16)8-15(9-14)19-10-12-3-1-4-12/h7-9,12H,1-6,10-11,18H2. The first-order chi connectivity index (χ1) is 9.22. The normalized spacial score (nSPS) is 21.6. The Bertz CT molecular complexity index is 447. The van der Waals surface area contributed by atoms with Gasteiger partial charge in [-0.2, -0.15) is 0 Å². The van der Waals surface area contributed by atoms with Crippen LogP contribution in [0.15, 0.2) is 22.7 Å². The molecular weight excluding hydrogens is 302 g/mol. The van der Waals surface area contributed by atoms with Gasteiger partial charge in [0.1, 0.15) is 5.75 Å². The van der Waals surface area contributed by atoms with Crippen molar-refractivity contribution in [2.75, 3.05) is 13.2 Å². The van der Waals surface area contributed by atoms with Gasteiger partial charge in [0, 0.05) is 16.4 Å². The number of hydrogen-bond donors (Lipinski definition) is 1. The number of nitrogens with two attached hydrogens (primary N) is 1. The molecule has 2 fully saturated rings. The molecule has 0 unspecified atom stereocenters. The Kier molecular flexibility index (Phi) is 3.86. The molecule has 2 N–H and O–H groups in total. The van der Waals surface area contributed by atoms with Crippen LogP contribution in [0.5, 0.6) is 5.75 Å². The van der Waals surface area contributed by atoms with Crippen LogP contribution in [0, 0.1) is 5.92 Å². The lowest BCUT2D eigenvalue weighted by molar-refractivity contribution is 0.179. The van der Waals surface area contributed by atoms with E-state index in [9.17, 15) is 0 Å². The van der Waals surface area contributed by atoms with Gasteiger partial charge in [-0.25, -0.2) is 0 Å². The van der Waals surface area contributed by atoms with Crippen molar-refractivity contribution in [1.29, 1.82) is 0 Å².